The molecule has 1 aliphatic carbocycles. The minimum atomic E-state index is -0.524. The normalized spacial score (nSPS) is 25.6. The van der Waals surface area contributed by atoms with Crippen LogP contribution in [0.25, 0.3) is 0 Å². The number of nitrogens with one attached hydrogen (secondary N) is 1. The lowest BCUT2D eigenvalue weighted by atomic mass is 9.92. The second kappa shape index (κ2) is 14.6. The Bertz CT molecular complexity index is 462. The van der Waals surface area contributed by atoms with Crippen molar-refractivity contribution in [3.05, 3.63) is 21.9 Å². The summed E-state index contributed by atoms with van der Waals surface area (Å²) < 4.78 is 0. The average Bonchev–Trinajstić information content (AvgIpc) is 2.63. The van der Waals surface area contributed by atoms with Crippen LogP contribution >= 0.6 is 0 Å². The highest BCUT2D eigenvalue weighted by Crippen LogP contribution is 2.22. The van der Waals surface area contributed by atoms with Gasteiger partial charge in [-0.15, -0.1) is 0 Å². The number of allylic oxidation sites excluding steroid dienone is 1. The topological polar surface area (TPSA) is 72.2 Å². The van der Waals surface area contributed by atoms with Crippen molar-refractivity contribution in [2.24, 2.45) is 5.92 Å². The van der Waals surface area contributed by atoms with Gasteiger partial charge in [0.2, 0.25) is 6.04 Å². The Labute approximate surface area is 165 Å². The summed E-state index contributed by atoms with van der Waals surface area (Å²) in [7, 11) is 0. The van der Waals surface area contributed by atoms with Gasteiger partial charge in [0.25, 0.3) is 0 Å². The van der Waals surface area contributed by atoms with E-state index in [1.54, 1.807) is 0 Å². The van der Waals surface area contributed by atoms with Crippen molar-refractivity contribution in [3.63, 3.8) is 0 Å². The number of unbranched alkanes of at least 4 members (excludes halogenated alkanes) is 2. The van der Waals surface area contributed by atoms with Gasteiger partial charge < -0.3 is 5.32 Å². The zero-order valence-electron chi connectivity index (χ0n) is 17.5. The molecule has 0 saturated heterocycles. The van der Waals surface area contributed by atoms with Gasteiger partial charge in [-0.1, -0.05) is 65.2 Å². The molecule has 1 saturated carbocycles. The van der Waals surface area contributed by atoms with Crippen LogP contribution in [0.4, 0.5) is 0 Å². The van der Waals surface area contributed by atoms with E-state index in [4.69, 9.17) is 0 Å². The van der Waals surface area contributed by atoms with Crippen molar-refractivity contribution in [2.45, 2.75) is 110 Å². The molecule has 0 heterocycles. The van der Waals surface area contributed by atoms with E-state index >= 15 is 0 Å². The summed E-state index contributed by atoms with van der Waals surface area (Å²) >= 11 is 0. The first-order valence-corrected chi connectivity index (χ1v) is 11.1. The molecule has 0 aromatic rings. The van der Waals surface area contributed by atoms with Crippen molar-refractivity contribution in [1.82, 2.24) is 5.32 Å². The van der Waals surface area contributed by atoms with E-state index in [9.17, 15) is 14.9 Å². The summed E-state index contributed by atoms with van der Waals surface area (Å²) in [6, 6.07) is -0.524. The van der Waals surface area contributed by atoms with Crippen LogP contribution in [-0.2, 0) is 4.79 Å². The first-order valence-electron chi connectivity index (χ1n) is 11.1. The van der Waals surface area contributed by atoms with Gasteiger partial charge in [0.1, 0.15) is 0 Å². The molecule has 0 aromatic heterocycles. The molecule has 0 amide bonds. The number of carbonyl (C=O) groups excluding carboxylic acids is 1. The van der Waals surface area contributed by atoms with Gasteiger partial charge in [-0.25, -0.2) is 0 Å². The Morgan fingerprint density at radius 1 is 1.07 bits per heavy atom. The number of carbonyl (C=O) groups is 1. The molecule has 5 heteroatoms. The predicted octanol–water partition coefficient (Wildman–Crippen LogP) is 5.81. The Kier molecular flexibility index (Phi) is 12.8. The SMILES string of the molecule is CCCCCN/C=C1\CCC([N+](=O)[O-])CCCCCCCCC(C)CC1=O. The molecular weight excluding hydrogens is 340 g/mol. The second-order valence-corrected chi connectivity index (χ2v) is 8.24. The van der Waals surface area contributed by atoms with Crippen molar-refractivity contribution in [2.75, 3.05) is 6.54 Å². The Morgan fingerprint density at radius 2 is 1.74 bits per heavy atom. The third kappa shape index (κ3) is 11.1. The van der Waals surface area contributed by atoms with E-state index < -0.39 is 6.04 Å². The first-order chi connectivity index (χ1) is 13.0. The molecule has 1 rings (SSSR count). The third-order valence-electron chi connectivity index (χ3n) is 5.62. The monoisotopic (exact) mass is 380 g/mol. The van der Waals surface area contributed by atoms with E-state index in [-0.39, 0.29) is 10.7 Å². The van der Waals surface area contributed by atoms with Gasteiger partial charge in [0.15, 0.2) is 5.78 Å². The maximum absolute atomic E-state index is 12.8. The highest BCUT2D eigenvalue weighted by Gasteiger charge is 2.22. The van der Waals surface area contributed by atoms with Crippen LogP contribution in [0, 0.1) is 16.0 Å². The summed E-state index contributed by atoms with van der Waals surface area (Å²) in [6.45, 7) is 5.18. The van der Waals surface area contributed by atoms with Crippen LogP contribution in [0.15, 0.2) is 11.8 Å². The van der Waals surface area contributed by atoms with Gasteiger partial charge in [0.05, 0.1) is 0 Å². The Balaban J connectivity index is 2.75. The zero-order chi connectivity index (χ0) is 19.9. The minimum Gasteiger partial charge on any atom is -0.391 e. The number of nitrogens with zero attached hydrogens (tertiary/aromatic N) is 1. The number of Topliss-reactive ketones (excluding diaryl/α,β-unsaturated/α-hetero) is 1. The lowest BCUT2D eigenvalue weighted by molar-refractivity contribution is -0.524. The van der Waals surface area contributed by atoms with Gasteiger partial charge in [-0.05, 0) is 25.2 Å². The quantitative estimate of drug-likeness (QED) is 0.273. The zero-order valence-corrected chi connectivity index (χ0v) is 17.5. The average molecular weight is 381 g/mol. The fourth-order valence-corrected chi connectivity index (χ4v) is 3.77. The summed E-state index contributed by atoms with van der Waals surface area (Å²) in [6.07, 6.45) is 15.3. The van der Waals surface area contributed by atoms with Gasteiger partial charge >= 0.3 is 0 Å². The van der Waals surface area contributed by atoms with E-state index in [1.807, 2.05) is 6.20 Å². The van der Waals surface area contributed by atoms with Gasteiger partial charge in [-0.2, -0.15) is 0 Å². The van der Waals surface area contributed by atoms with Crippen molar-refractivity contribution >= 4 is 5.78 Å². The maximum Gasteiger partial charge on any atom is 0.213 e. The van der Waals surface area contributed by atoms with Gasteiger partial charge in [-0.3, -0.25) is 14.9 Å². The highest BCUT2D eigenvalue weighted by molar-refractivity contribution is 5.95. The standard InChI is InChI=1S/C22H40N2O3/c1-3-4-11-16-23-18-20-14-15-21(24(26)27)13-10-8-6-5-7-9-12-19(2)17-22(20)25/h18-19,21,23H,3-17H2,1-2H3/b20-18+. The fourth-order valence-electron chi connectivity index (χ4n) is 3.77. The molecule has 0 aliphatic heterocycles. The first kappa shape index (κ1) is 23.6. The third-order valence-corrected chi connectivity index (χ3v) is 5.62. The lowest BCUT2D eigenvalue weighted by Crippen LogP contribution is -2.21. The molecule has 1 aliphatic rings. The van der Waals surface area contributed by atoms with Crippen LogP contribution in [0.2, 0.25) is 0 Å². The smallest absolute Gasteiger partial charge is 0.213 e. The molecule has 156 valence electrons. The Morgan fingerprint density at radius 3 is 2.41 bits per heavy atom. The van der Waals surface area contributed by atoms with Crippen molar-refractivity contribution < 1.29 is 9.72 Å². The number of ketones is 1. The summed E-state index contributed by atoms with van der Waals surface area (Å²) in [5, 5.41) is 14.7. The van der Waals surface area contributed by atoms with Crippen LogP contribution in [0.1, 0.15) is 104 Å². The predicted molar refractivity (Wildman–Crippen MR) is 111 cm³/mol. The molecule has 27 heavy (non-hydrogen) atoms. The highest BCUT2D eigenvalue weighted by atomic mass is 16.6. The van der Waals surface area contributed by atoms with Crippen LogP contribution in [0.3, 0.4) is 0 Å². The minimum absolute atomic E-state index is 0.141. The second-order valence-electron chi connectivity index (χ2n) is 8.24. The summed E-state index contributed by atoms with van der Waals surface area (Å²) in [5.74, 6) is 0.555. The summed E-state index contributed by atoms with van der Waals surface area (Å²) in [5.41, 5.74) is 0.750. The van der Waals surface area contributed by atoms with Crippen LogP contribution < -0.4 is 5.32 Å². The van der Waals surface area contributed by atoms with E-state index in [1.165, 1.54) is 38.5 Å². The molecule has 1 N–H and O–H groups in total. The molecule has 5 nitrogen and oxygen atoms in total. The molecule has 0 spiro atoms. The molecule has 1 fully saturated rings. The largest absolute Gasteiger partial charge is 0.391 e. The molecule has 0 bridgehead atoms. The Hall–Kier alpha value is -1.39. The van der Waals surface area contributed by atoms with Crippen molar-refractivity contribution in [1.29, 1.82) is 0 Å². The summed E-state index contributed by atoms with van der Waals surface area (Å²) in [4.78, 5) is 24.0. The number of hydrogen-bond donors (Lipinski definition) is 1. The molecule has 0 aromatic carbocycles. The van der Waals surface area contributed by atoms with E-state index in [0.29, 0.717) is 31.6 Å². The molecular formula is C22H40N2O3. The molecule has 0 radical (unpaired) electrons. The molecule has 2 atom stereocenters. The molecule has 2 unspecified atom stereocenters. The van der Waals surface area contributed by atoms with E-state index in [0.717, 1.165) is 37.8 Å². The van der Waals surface area contributed by atoms with Crippen LogP contribution in [0.5, 0.6) is 0 Å². The van der Waals surface area contributed by atoms with Crippen LogP contribution in [-0.4, -0.2) is 23.3 Å². The maximum atomic E-state index is 12.8. The number of rotatable bonds is 6. The number of nitro groups is 1. The fraction of sp³-hybridized carbons (Fsp3) is 0.864. The number of hydrogen-bond acceptors (Lipinski definition) is 4. The van der Waals surface area contributed by atoms with Crippen molar-refractivity contribution in [3.8, 4) is 0 Å². The lowest BCUT2D eigenvalue weighted by Gasteiger charge is -2.14. The van der Waals surface area contributed by atoms with E-state index in [2.05, 4.69) is 19.2 Å². The van der Waals surface area contributed by atoms with Gasteiger partial charge in [0, 0.05) is 42.5 Å².